The van der Waals surface area contributed by atoms with E-state index in [0.29, 0.717) is 6.42 Å². The van der Waals surface area contributed by atoms with E-state index in [2.05, 4.69) is 5.32 Å². The summed E-state index contributed by atoms with van der Waals surface area (Å²) in [6, 6.07) is 22.7. The zero-order valence-corrected chi connectivity index (χ0v) is 14.9. The molecule has 0 aliphatic rings. The highest BCUT2D eigenvalue weighted by molar-refractivity contribution is 5.92. The Balaban J connectivity index is 1.58. The minimum absolute atomic E-state index is 0.0669. The van der Waals surface area contributed by atoms with Gasteiger partial charge in [-0.15, -0.1) is 0 Å². The fourth-order valence-corrected chi connectivity index (χ4v) is 2.54. The van der Waals surface area contributed by atoms with Gasteiger partial charge in [-0.25, -0.2) is 0 Å². The van der Waals surface area contributed by atoms with Crippen molar-refractivity contribution in [3.63, 3.8) is 0 Å². The highest BCUT2D eigenvalue weighted by Gasteiger charge is 2.06. The fraction of sp³-hybridized carbons (Fsp3) is 0.136. The molecular formula is C22H21NO3. The van der Waals surface area contributed by atoms with E-state index < -0.39 is 0 Å². The number of rotatable bonds is 6. The molecule has 26 heavy (non-hydrogen) atoms. The quantitative estimate of drug-likeness (QED) is 0.684. The van der Waals surface area contributed by atoms with E-state index in [4.69, 9.17) is 9.47 Å². The van der Waals surface area contributed by atoms with Gasteiger partial charge in [-0.05, 0) is 60.5 Å². The molecule has 0 unspecified atom stereocenters. The van der Waals surface area contributed by atoms with Crippen LogP contribution in [0.15, 0.2) is 72.8 Å². The van der Waals surface area contributed by atoms with Crippen molar-refractivity contribution in [1.29, 1.82) is 0 Å². The third kappa shape index (κ3) is 4.63. The second-order valence-electron chi connectivity index (χ2n) is 5.96. The van der Waals surface area contributed by atoms with Crippen LogP contribution in [-0.4, -0.2) is 13.0 Å². The Morgan fingerprint density at radius 3 is 2.19 bits per heavy atom. The molecule has 4 heteroatoms. The summed E-state index contributed by atoms with van der Waals surface area (Å²) in [5.74, 6) is 2.26. The predicted octanol–water partition coefficient (Wildman–Crippen LogP) is 4.98. The molecule has 0 saturated heterocycles. The number of hydrogen-bond donors (Lipinski definition) is 1. The van der Waals surface area contributed by atoms with Crippen molar-refractivity contribution in [3.8, 4) is 17.2 Å². The normalized spacial score (nSPS) is 10.2. The summed E-state index contributed by atoms with van der Waals surface area (Å²) in [5.41, 5.74) is 2.74. The summed E-state index contributed by atoms with van der Waals surface area (Å²) in [6.07, 6.45) is 0.311. The fourth-order valence-electron chi connectivity index (χ4n) is 2.54. The highest BCUT2D eigenvalue weighted by Crippen LogP contribution is 2.25. The molecule has 1 amide bonds. The maximum atomic E-state index is 12.2. The van der Waals surface area contributed by atoms with Crippen LogP contribution in [0.5, 0.6) is 17.2 Å². The Kier molecular flexibility index (Phi) is 5.54. The van der Waals surface area contributed by atoms with Gasteiger partial charge in [0.15, 0.2) is 0 Å². The lowest BCUT2D eigenvalue weighted by Gasteiger charge is -2.10. The van der Waals surface area contributed by atoms with Gasteiger partial charge in [0.05, 0.1) is 13.5 Å². The van der Waals surface area contributed by atoms with Crippen LogP contribution in [-0.2, 0) is 11.2 Å². The first-order chi connectivity index (χ1) is 12.6. The van der Waals surface area contributed by atoms with Gasteiger partial charge in [0, 0.05) is 5.69 Å². The van der Waals surface area contributed by atoms with Gasteiger partial charge < -0.3 is 14.8 Å². The number of amides is 1. The minimum atomic E-state index is -0.0669. The van der Waals surface area contributed by atoms with Gasteiger partial charge in [-0.3, -0.25) is 4.79 Å². The molecule has 0 aliphatic carbocycles. The molecule has 0 aromatic heterocycles. The third-order valence-corrected chi connectivity index (χ3v) is 3.98. The van der Waals surface area contributed by atoms with Crippen LogP contribution in [0.3, 0.4) is 0 Å². The van der Waals surface area contributed by atoms with E-state index in [0.717, 1.165) is 34.1 Å². The zero-order chi connectivity index (χ0) is 18.4. The lowest BCUT2D eigenvalue weighted by molar-refractivity contribution is -0.115. The number of carbonyl (C=O) groups excluding carboxylic acids is 1. The number of hydrogen-bond acceptors (Lipinski definition) is 3. The number of methoxy groups -OCH3 is 1. The highest BCUT2D eigenvalue weighted by atomic mass is 16.5. The van der Waals surface area contributed by atoms with Crippen molar-refractivity contribution < 1.29 is 14.3 Å². The van der Waals surface area contributed by atoms with Gasteiger partial charge in [0.2, 0.25) is 5.91 Å². The van der Waals surface area contributed by atoms with Crippen molar-refractivity contribution in [3.05, 3.63) is 83.9 Å². The molecule has 0 fully saturated rings. The topological polar surface area (TPSA) is 47.6 Å². The number of nitrogens with one attached hydrogen (secondary N) is 1. The number of aryl methyl sites for hydroxylation is 1. The Bertz CT molecular complexity index is 871. The van der Waals surface area contributed by atoms with E-state index in [1.165, 1.54) is 0 Å². The SMILES string of the molecule is COc1ccc(CC(=O)Nc2ccc(Oc3ccccc3C)cc2)cc1. The molecule has 3 rings (SSSR count). The first-order valence-corrected chi connectivity index (χ1v) is 8.40. The van der Waals surface area contributed by atoms with E-state index in [9.17, 15) is 4.79 Å². The Morgan fingerprint density at radius 2 is 1.54 bits per heavy atom. The van der Waals surface area contributed by atoms with E-state index in [1.54, 1.807) is 7.11 Å². The molecule has 0 spiro atoms. The van der Waals surface area contributed by atoms with Crippen LogP contribution in [0.4, 0.5) is 5.69 Å². The summed E-state index contributed by atoms with van der Waals surface area (Å²) in [4.78, 5) is 12.2. The first-order valence-electron chi connectivity index (χ1n) is 8.40. The molecule has 0 radical (unpaired) electrons. The van der Waals surface area contributed by atoms with Gasteiger partial charge in [0.1, 0.15) is 17.2 Å². The van der Waals surface area contributed by atoms with E-state index in [1.807, 2.05) is 79.7 Å². The molecule has 1 N–H and O–H groups in total. The van der Waals surface area contributed by atoms with Gasteiger partial charge >= 0.3 is 0 Å². The number of carbonyl (C=O) groups is 1. The van der Waals surface area contributed by atoms with Crippen molar-refractivity contribution in [2.24, 2.45) is 0 Å². The zero-order valence-electron chi connectivity index (χ0n) is 14.9. The maximum absolute atomic E-state index is 12.2. The summed E-state index contributed by atoms with van der Waals surface area (Å²) in [5, 5.41) is 2.90. The van der Waals surface area contributed by atoms with Crippen LogP contribution >= 0.6 is 0 Å². The van der Waals surface area contributed by atoms with E-state index >= 15 is 0 Å². The molecule has 0 heterocycles. The average molecular weight is 347 g/mol. The molecule has 3 aromatic rings. The molecule has 4 nitrogen and oxygen atoms in total. The number of anilines is 1. The van der Waals surface area contributed by atoms with Gasteiger partial charge in [0.25, 0.3) is 0 Å². The molecule has 132 valence electrons. The predicted molar refractivity (Wildman–Crippen MR) is 103 cm³/mol. The summed E-state index contributed by atoms with van der Waals surface area (Å²) in [7, 11) is 1.62. The largest absolute Gasteiger partial charge is 0.497 e. The van der Waals surface area contributed by atoms with Gasteiger partial charge in [-0.1, -0.05) is 30.3 Å². The van der Waals surface area contributed by atoms with Crippen LogP contribution in [0.25, 0.3) is 0 Å². The molecule has 0 aliphatic heterocycles. The summed E-state index contributed by atoms with van der Waals surface area (Å²) < 4.78 is 11.0. The third-order valence-electron chi connectivity index (χ3n) is 3.98. The second kappa shape index (κ2) is 8.21. The molecular weight excluding hydrogens is 326 g/mol. The lowest BCUT2D eigenvalue weighted by atomic mass is 10.1. The number of benzene rings is 3. The molecule has 0 saturated carbocycles. The molecule has 0 bridgehead atoms. The Hall–Kier alpha value is -3.27. The van der Waals surface area contributed by atoms with Crippen molar-refractivity contribution in [1.82, 2.24) is 0 Å². The van der Waals surface area contributed by atoms with Crippen molar-refractivity contribution in [2.75, 3.05) is 12.4 Å². The van der Waals surface area contributed by atoms with Crippen LogP contribution < -0.4 is 14.8 Å². The second-order valence-corrected chi connectivity index (χ2v) is 5.96. The molecule has 0 atom stereocenters. The lowest BCUT2D eigenvalue weighted by Crippen LogP contribution is -2.14. The van der Waals surface area contributed by atoms with Gasteiger partial charge in [-0.2, -0.15) is 0 Å². The average Bonchev–Trinajstić information content (AvgIpc) is 2.66. The van der Waals surface area contributed by atoms with Crippen molar-refractivity contribution >= 4 is 11.6 Å². The monoisotopic (exact) mass is 347 g/mol. The van der Waals surface area contributed by atoms with E-state index in [-0.39, 0.29) is 5.91 Å². The first kappa shape index (κ1) is 17.5. The standard InChI is InChI=1S/C22H21NO3/c1-16-5-3-4-6-21(16)26-20-13-9-18(10-14-20)23-22(24)15-17-7-11-19(25-2)12-8-17/h3-14H,15H2,1-2H3,(H,23,24). The Labute approximate surface area is 153 Å². The molecule has 3 aromatic carbocycles. The Morgan fingerprint density at radius 1 is 0.885 bits per heavy atom. The van der Waals surface area contributed by atoms with Crippen LogP contribution in [0, 0.1) is 6.92 Å². The van der Waals surface area contributed by atoms with Crippen molar-refractivity contribution in [2.45, 2.75) is 13.3 Å². The number of ether oxygens (including phenoxy) is 2. The van der Waals surface area contributed by atoms with Crippen LogP contribution in [0.1, 0.15) is 11.1 Å². The summed E-state index contributed by atoms with van der Waals surface area (Å²) >= 11 is 0. The summed E-state index contributed by atoms with van der Waals surface area (Å²) in [6.45, 7) is 2.00. The maximum Gasteiger partial charge on any atom is 0.228 e. The smallest absolute Gasteiger partial charge is 0.228 e. The number of para-hydroxylation sites is 1. The van der Waals surface area contributed by atoms with Crippen LogP contribution in [0.2, 0.25) is 0 Å². The minimum Gasteiger partial charge on any atom is -0.497 e.